The summed E-state index contributed by atoms with van der Waals surface area (Å²) in [6.07, 6.45) is -2.07. The van der Waals surface area contributed by atoms with Gasteiger partial charge in [-0.1, -0.05) is 0 Å². The van der Waals surface area contributed by atoms with E-state index in [-0.39, 0.29) is 55.8 Å². The number of allylic oxidation sites excluding steroid dienone is 3. The maximum atomic E-state index is 12.0. The van der Waals surface area contributed by atoms with Gasteiger partial charge in [0.1, 0.15) is 0 Å². The van der Waals surface area contributed by atoms with Crippen molar-refractivity contribution >= 4 is 0 Å². The number of rotatable bonds is 0. The van der Waals surface area contributed by atoms with Crippen LogP contribution in [0, 0.1) is 6.17 Å². The SMILES string of the molecule is F[C]1C(F)=C=C(F)C(F)=C1F.[Br-].[Br-].[HH].[Pd+2]. The number of hydrogen-bond acceptors (Lipinski definition) is 0. The van der Waals surface area contributed by atoms with E-state index in [0.29, 0.717) is 0 Å². The van der Waals surface area contributed by atoms with E-state index in [2.05, 4.69) is 0 Å². The summed E-state index contributed by atoms with van der Waals surface area (Å²) in [7, 11) is 0. The molecule has 0 atom stereocenters. The Morgan fingerprint density at radius 3 is 1.64 bits per heavy atom. The molecule has 0 heterocycles. The van der Waals surface area contributed by atoms with Gasteiger partial charge < -0.3 is 34.0 Å². The molecule has 0 aliphatic heterocycles. The molecule has 0 saturated carbocycles. The third-order valence-electron chi connectivity index (χ3n) is 0.990. The molecule has 1 radical (unpaired) electrons. The fourth-order valence-electron chi connectivity index (χ4n) is 0.495. The van der Waals surface area contributed by atoms with E-state index >= 15 is 0 Å². The van der Waals surface area contributed by atoms with Crippen LogP contribution in [0.25, 0.3) is 0 Å². The molecule has 14 heavy (non-hydrogen) atoms. The van der Waals surface area contributed by atoms with E-state index in [1.54, 1.807) is 0 Å². The Morgan fingerprint density at radius 1 is 0.786 bits per heavy atom. The first-order chi connectivity index (χ1) is 5.04. The van der Waals surface area contributed by atoms with Gasteiger partial charge in [0, 0.05) is 1.43 Å². The summed E-state index contributed by atoms with van der Waals surface area (Å²) in [5.74, 6) is -7.98. The van der Waals surface area contributed by atoms with Crippen LogP contribution in [-0.2, 0) is 20.4 Å². The summed E-state index contributed by atoms with van der Waals surface area (Å²) in [5, 5.41) is 0. The van der Waals surface area contributed by atoms with Gasteiger partial charge in [-0.3, -0.25) is 0 Å². The van der Waals surface area contributed by atoms with E-state index < -0.39 is 29.5 Å². The van der Waals surface area contributed by atoms with E-state index in [9.17, 15) is 22.0 Å². The van der Waals surface area contributed by atoms with Crippen molar-refractivity contribution in [2.75, 3.05) is 0 Å². The van der Waals surface area contributed by atoms with Crippen molar-refractivity contribution in [1.29, 1.82) is 0 Å². The molecule has 0 amide bonds. The molecule has 0 spiro atoms. The van der Waals surface area contributed by atoms with E-state index in [1.165, 1.54) is 0 Å². The maximum Gasteiger partial charge on any atom is 2.00 e. The Hall–Kier alpha value is 0.532. The van der Waals surface area contributed by atoms with Gasteiger partial charge in [-0.25, -0.2) is 8.78 Å². The molecule has 85 valence electrons. The smallest absolute Gasteiger partial charge is 1.00 e. The Bertz CT molecular complexity index is 300. The predicted octanol–water partition coefficient (Wildman–Crippen LogP) is -2.79. The van der Waals surface area contributed by atoms with Crippen molar-refractivity contribution in [3.05, 3.63) is 35.2 Å². The Kier molecular flexibility index (Phi) is 11.1. The molecule has 8 heteroatoms. The second-order valence-corrected chi connectivity index (χ2v) is 1.69. The Balaban J connectivity index is -0.000000151. The predicted molar refractivity (Wildman–Crippen MR) is 28.5 cm³/mol. The summed E-state index contributed by atoms with van der Waals surface area (Å²) in [6, 6.07) is 0. The van der Waals surface area contributed by atoms with Gasteiger partial charge in [0.05, 0.1) is 0 Å². The summed E-state index contributed by atoms with van der Waals surface area (Å²) < 4.78 is 59.9. The van der Waals surface area contributed by atoms with Crippen molar-refractivity contribution in [1.82, 2.24) is 0 Å². The number of hydrogen-bond donors (Lipinski definition) is 0. The van der Waals surface area contributed by atoms with Crippen LogP contribution in [0.15, 0.2) is 29.0 Å². The summed E-state index contributed by atoms with van der Waals surface area (Å²) in [6.45, 7) is 0. The zero-order valence-electron chi connectivity index (χ0n) is 5.96. The van der Waals surface area contributed by atoms with Gasteiger partial charge >= 0.3 is 20.4 Å². The molecule has 0 nitrogen and oxygen atoms in total. The monoisotopic (exact) mass is 433 g/mol. The standard InChI is InChI=1S/C6F5.2BrH.Pd.H2/c7-2-1-3(8)5(10)6(11)4(2)9;;;;/h;2*1H;;1H/q;;;+2;/p-2. The molecule has 0 N–H and O–H groups in total. The van der Waals surface area contributed by atoms with Crippen LogP contribution in [0.5, 0.6) is 0 Å². The first-order valence-corrected chi connectivity index (χ1v) is 2.44. The molecule has 1 rings (SSSR count). The quantitative estimate of drug-likeness (QED) is 0.219. The second-order valence-electron chi connectivity index (χ2n) is 1.69. The molecular formula is C6H2Br2F5Pd. The topological polar surface area (TPSA) is 0 Å². The van der Waals surface area contributed by atoms with Crippen LogP contribution in [0.3, 0.4) is 0 Å². The fraction of sp³-hybridized carbons (Fsp3) is 0. The van der Waals surface area contributed by atoms with E-state index in [1.807, 2.05) is 0 Å². The van der Waals surface area contributed by atoms with Crippen LogP contribution < -0.4 is 34.0 Å². The zero-order valence-corrected chi connectivity index (χ0v) is 10.7. The van der Waals surface area contributed by atoms with Crippen molar-refractivity contribution in [3.8, 4) is 0 Å². The van der Waals surface area contributed by atoms with Gasteiger partial charge in [0.15, 0.2) is 11.7 Å². The average Bonchev–Trinajstić information content (AvgIpc) is 1.97. The Labute approximate surface area is 113 Å². The molecule has 0 bridgehead atoms. The summed E-state index contributed by atoms with van der Waals surface area (Å²) in [4.78, 5) is 0. The zero-order chi connectivity index (χ0) is 8.59. The molecule has 0 unspecified atom stereocenters. The minimum Gasteiger partial charge on any atom is -1.00 e. The molecule has 0 saturated heterocycles. The summed E-state index contributed by atoms with van der Waals surface area (Å²) >= 11 is 0. The van der Waals surface area contributed by atoms with Crippen molar-refractivity contribution in [2.45, 2.75) is 0 Å². The van der Waals surface area contributed by atoms with Gasteiger partial charge in [0.25, 0.3) is 6.17 Å². The average molecular weight is 435 g/mol. The van der Waals surface area contributed by atoms with Gasteiger partial charge in [-0.2, -0.15) is 13.2 Å². The Morgan fingerprint density at radius 2 is 1.21 bits per heavy atom. The van der Waals surface area contributed by atoms with Crippen molar-refractivity contribution in [3.63, 3.8) is 0 Å². The van der Waals surface area contributed by atoms with Crippen LogP contribution >= 0.6 is 0 Å². The van der Waals surface area contributed by atoms with Gasteiger partial charge in [-0.15, -0.1) is 0 Å². The molecule has 0 aromatic heterocycles. The van der Waals surface area contributed by atoms with Crippen LogP contribution in [0.1, 0.15) is 1.43 Å². The molecule has 1 aliphatic rings. The van der Waals surface area contributed by atoms with Gasteiger partial charge in [0.2, 0.25) is 11.7 Å². The minimum atomic E-state index is -2.17. The summed E-state index contributed by atoms with van der Waals surface area (Å²) in [5.41, 5.74) is 1.02. The molecular weight excluding hydrogens is 433 g/mol. The first kappa shape index (κ1) is 20.0. The fourth-order valence-corrected chi connectivity index (χ4v) is 0.495. The third kappa shape index (κ3) is 3.95. The van der Waals surface area contributed by atoms with E-state index in [0.717, 1.165) is 5.73 Å². The maximum absolute atomic E-state index is 12.0. The van der Waals surface area contributed by atoms with Crippen LogP contribution in [0.2, 0.25) is 0 Å². The molecule has 1 aliphatic carbocycles. The second kappa shape index (κ2) is 7.78. The first-order valence-electron chi connectivity index (χ1n) is 2.44. The normalized spacial score (nSPS) is 15.8. The van der Waals surface area contributed by atoms with Crippen LogP contribution in [-0.4, -0.2) is 0 Å². The van der Waals surface area contributed by atoms with Crippen molar-refractivity contribution < 1.29 is 77.8 Å². The molecule has 0 aromatic rings. The van der Waals surface area contributed by atoms with E-state index in [4.69, 9.17) is 0 Å². The largest absolute Gasteiger partial charge is 2.00 e. The van der Waals surface area contributed by atoms with Crippen LogP contribution in [0.4, 0.5) is 22.0 Å². The van der Waals surface area contributed by atoms with Gasteiger partial charge in [-0.05, 0) is 5.73 Å². The molecule has 0 fully saturated rings. The minimum absolute atomic E-state index is 0. The third-order valence-corrected chi connectivity index (χ3v) is 0.990. The van der Waals surface area contributed by atoms with Crippen molar-refractivity contribution in [2.24, 2.45) is 0 Å². The number of halogens is 7. The molecule has 0 aromatic carbocycles.